The van der Waals surface area contributed by atoms with Crippen molar-refractivity contribution < 1.29 is 5.11 Å². The van der Waals surface area contributed by atoms with Crippen LogP contribution in [0.2, 0.25) is 0 Å². The SMILES string of the molecule is CC(C)[C@H](C)CC[C@@H](C)[C@H]1CC[C@@]2(C)[C@@H]3CC[C@]45C[C@H](O)CC[C@]4(C5)C3=CC[C@]12C. The zero-order chi connectivity index (χ0) is 21.5. The molecule has 0 bridgehead atoms. The summed E-state index contributed by atoms with van der Waals surface area (Å²) in [4.78, 5) is 0. The van der Waals surface area contributed by atoms with Crippen LogP contribution in [0.5, 0.6) is 0 Å². The second-order valence-corrected chi connectivity index (χ2v) is 13.6. The third-order valence-electron chi connectivity index (χ3n) is 12.4. The summed E-state index contributed by atoms with van der Waals surface area (Å²) < 4.78 is 0. The maximum Gasteiger partial charge on any atom is 0.0546 e. The van der Waals surface area contributed by atoms with Gasteiger partial charge in [0, 0.05) is 0 Å². The lowest BCUT2D eigenvalue weighted by Crippen LogP contribution is -2.50. The minimum atomic E-state index is -0.0211. The van der Waals surface area contributed by atoms with Crippen LogP contribution in [-0.4, -0.2) is 11.2 Å². The fourth-order valence-corrected chi connectivity index (χ4v) is 9.75. The Balaban J connectivity index is 1.38. The fourth-order valence-electron chi connectivity index (χ4n) is 9.75. The maximum absolute atomic E-state index is 10.4. The van der Waals surface area contributed by atoms with Crippen molar-refractivity contribution in [1.29, 1.82) is 0 Å². The Bertz CT molecular complexity index is 718. The molecule has 0 aromatic rings. The van der Waals surface area contributed by atoms with Gasteiger partial charge in [0.15, 0.2) is 0 Å². The molecule has 4 fully saturated rings. The first-order chi connectivity index (χ1) is 14.1. The first-order valence-electron chi connectivity index (χ1n) is 13.5. The molecule has 4 saturated carbocycles. The van der Waals surface area contributed by atoms with Crippen LogP contribution in [0.25, 0.3) is 0 Å². The van der Waals surface area contributed by atoms with Crippen LogP contribution in [-0.2, 0) is 0 Å². The van der Waals surface area contributed by atoms with E-state index in [0.717, 1.165) is 42.4 Å². The second-order valence-electron chi connectivity index (χ2n) is 13.6. The summed E-state index contributed by atoms with van der Waals surface area (Å²) in [6.45, 7) is 15.2. The van der Waals surface area contributed by atoms with Crippen molar-refractivity contribution in [3.05, 3.63) is 11.6 Å². The van der Waals surface area contributed by atoms with Crippen molar-refractivity contribution in [1.82, 2.24) is 0 Å². The molecular weight excluding hydrogens is 364 g/mol. The number of aliphatic hydroxyl groups is 1. The Labute approximate surface area is 186 Å². The normalized spacial score (nSPS) is 51.3. The van der Waals surface area contributed by atoms with Crippen LogP contribution in [0.3, 0.4) is 0 Å². The van der Waals surface area contributed by atoms with Crippen LogP contribution >= 0.6 is 0 Å². The number of hydrogen-bond donors (Lipinski definition) is 1. The zero-order valence-electron chi connectivity index (χ0n) is 20.8. The molecule has 5 rings (SSSR count). The van der Waals surface area contributed by atoms with Gasteiger partial charge in [0.25, 0.3) is 0 Å². The lowest BCUT2D eigenvalue weighted by atomic mass is 9.47. The van der Waals surface area contributed by atoms with Crippen LogP contribution in [0, 0.1) is 51.2 Å². The molecule has 0 aromatic heterocycles. The third kappa shape index (κ3) is 2.69. The maximum atomic E-state index is 10.4. The Morgan fingerprint density at radius 1 is 0.967 bits per heavy atom. The summed E-state index contributed by atoms with van der Waals surface area (Å²) in [5.41, 5.74) is 3.88. The van der Waals surface area contributed by atoms with E-state index in [1.807, 2.05) is 5.57 Å². The Morgan fingerprint density at radius 2 is 1.73 bits per heavy atom. The molecular formula is C29H48O. The molecule has 5 aliphatic carbocycles. The number of hydrogen-bond acceptors (Lipinski definition) is 1. The number of aliphatic hydroxyl groups excluding tert-OH is 1. The van der Waals surface area contributed by atoms with Gasteiger partial charge in [0.1, 0.15) is 0 Å². The van der Waals surface area contributed by atoms with Crippen LogP contribution in [0.4, 0.5) is 0 Å². The Kier molecular flexibility index (Phi) is 4.92. The highest BCUT2D eigenvalue weighted by Crippen LogP contribution is 2.83. The first-order valence-corrected chi connectivity index (χ1v) is 13.5. The van der Waals surface area contributed by atoms with Gasteiger partial charge >= 0.3 is 0 Å². The lowest BCUT2D eigenvalue weighted by molar-refractivity contribution is -0.0342. The molecule has 1 heteroatoms. The standard InChI is InChI=1S/C29H48O/c1-19(2)20(3)7-8-21(4)23-10-13-27(6)24-12-15-28-17-22(30)9-16-29(28,18-28)25(24)11-14-26(23,27)5/h11,19-24,30H,7-10,12-18H2,1-6H3/t20-,21-,22-,23-,24-,26-,27+,28-,29+/m1/s1. The van der Waals surface area contributed by atoms with Crippen molar-refractivity contribution in [2.24, 2.45) is 51.2 Å². The summed E-state index contributed by atoms with van der Waals surface area (Å²) in [5.74, 6) is 4.26. The van der Waals surface area contributed by atoms with Gasteiger partial charge in [-0.3, -0.25) is 0 Å². The van der Waals surface area contributed by atoms with Gasteiger partial charge in [0.05, 0.1) is 6.10 Å². The largest absolute Gasteiger partial charge is 0.393 e. The molecule has 170 valence electrons. The second kappa shape index (κ2) is 6.85. The van der Waals surface area contributed by atoms with Gasteiger partial charge in [-0.2, -0.15) is 0 Å². The fraction of sp³-hybridized carbons (Fsp3) is 0.931. The quantitative estimate of drug-likeness (QED) is 0.457. The van der Waals surface area contributed by atoms with Crippen molar-refractivity contribution >= 4 is 0 Å². The Hall–Kier alpha value is -0.300. The van der Waals surface area contributed by atoms with Gasteiger partial charge in [-0.15, -0.1) is 0 Å². The summed E-state index contributed by atoms with van der Waals surface area (Å²) >= 11 is 0. The number of fused-ring (bicyclic) bond motifs is 3. The van der Waals surface area contributed by atoms with Gasteiger partial charge in [-0.25, -0.2) is 0 Å². The van der Waals surface area contributed by atoms with E-state index in [-0.39, 0.29) is 6.10 Å². The molecule has 0 aliphatic heterocycles. The average Bonchev–Trinajstić information content (AvgIpc) is 3.30. The molecule has 0 saturated heterocycles. The molecule has 0 heterocycles. The van der Waals surface area contributed by atoms with E-state index in [4.69, 9.17) is 0 Å². The molecule has 0 aromatic carbocycles. The number of rotatable bonds is 5. The summed E-state index contributed by atoms with van der Waals surface area (Å²) in [5, 5.41) is 10.4. The first kappa shape index (κ1) is 21.5. The summed E-state index contributed by atoms with van der Waals surface area (Å²) in [6, 6.07) is 0. The van der Waals surface area contributed by atoms with Crippen molar-refractivity contribution in [2.45, 2.75) is 118 Å². The third-order valence-corrected chi connectivity index (χ3v) is 12.4. The monoisotopic (exact) mass is 412 g/mol. The molecule has 0 unspecified atom stereocenters. The highest BCUT2D eigenvalue weighted by Gasteiger charge is 2.75. The molecule has 30 heavy (non-hydrogen) atoms. The molecule has 1 N–H and O–H groups in total. The topological polar surface area (TPSA) is 20.2 Å². The van der Waals surface area contributed by atoms with Gasteiger partial charge < -0.3 is 5.11 Å². The predicted molar refractivity (Wildman–Crippen MR) is 126 cm³/mol. The highest BCUT2D eigenvalue weighted by molar-refractivity contribution is 5.41. The summed E-state index contributed by atoms with van der Waals surface area (Å²) in [7, 11) is 0. The minimum Gasteiger partial charge on any atom is -0.393 e. The summed E-state index contributed by atoms with van der Waals surface area (Å²) in [6.07, 6.45) is 17.4. The molecule has 0 amide bonds. The van der Waals surface area contributed by atoms with Gasteiger partial charge in [-0.1, -0.05) is 66.0 Å². The van der Waals surface area contributed by atoms with Crippen molar-refractivity contribution in [2.75, 3.05) is 0 Å². The van der Waals surface area contributed by atoms with Gasteiger partial charge in [0.2, 0.25) is 0 Å². The minimum absolute atomic E-state index is 0.0211. The molecule has 1 nitrogen and oxygen atoms in total. The van der Waals surface area contributed by atoms with E-state index in [1.54, 1.807) is 0 Å². The van der Waals surface area contributed by atoms with Crippen LogP contribution < -0.4 is 0 Å². The zero-order valence-corrected chi connectivity index (χ0v) is 20.8. The van der Waals surface area contributed by atoms with E-state index >= 15 is 0 Å². The van der Waals surface area contributed by atoms with Crippen LogP contribution in [0.15, 0.2) is 11.6 Å². The lowest BCUT2D eigenvalue weighted by Gasteiger charge is -2.58. The smallest absolute Gasteiger partial charge is 0.0546 e. The van der Waals surface area contributed by atoms with Crippen LogP contribution in [0.1, 0.15) is 112 Å². The van der Waals surface area contributed by atoms with E-state index in [0.29, 0.717) is 21.7 Å². The molecule has 5 aliphatic rings. The molecule has 0 radical (unpaired) electrons. The molecule has 9 atom stereocenters. The molecule has 0 spiro atoms. The predicted octanol–water partition coefficient (Wildman–Crippen LogP) is 7.78. The van der Waals surface area contributed by atoms with E-state index in [9.17, 15) is 5.11 Å². The number of allylic oxidation sites excluding steroid dienone is 2. The average molecular weight is 413 g/mol. The van der Waals surface area contributed by atoms with E-state index in [2.05, 4.69) is 47.6 Å². The van der Waals surface area contributed by atoms with Crippen molar-refractivity contribution in [3.63, 3.8) is 0 Å². The highest BCUT2D eigenvalue weighted by atomic mass is 16.3. The van der Waals surface area contributed by atoms with Crippen molar-refractivity contribution in [3.8, 4) is 0 Å². The Morgan fingerprint density at radius 3 is 2.47 bits per heavy atom. The van der Waals surface area contributed by atoms with Gasteiger partial charge in [-0.05, 0) is 109 Å². The van der Waals surface area contributed by atoms with E-state index < -0.39 is 0 Å². The van der Waals surface area contributed by atoms with E-state index in [1.165, 1.54) is 57.8 Å².